The lowest BCUT2D eigenvalue weighted by Gasteiger charge is -2.14. The molecule has 0 saturated carbocycles. The Labute approximate surface area is 168 Å². The molecule has 0 N–H and O–H groups in total. The van der Waals surface area contributed by atoms with Crippen LogP contribution >= 0.6 is 11.6 Å². The normalized spacial score (nSPS) is 10.9. The monoisotopic (exact) mass is 403 g/mol. The van der Waals surface area contributed by atoms with Gasteiger partial charge < -0.3 is 18.7 Å². The van der Waals surface area contributed by atoms with Crippen molar-refractivity contribution in [2.24, 2.45) is 0 Å². The van der Waals surface area contributed by atoms with Crippen molar-refractivity contribution in [3.8, 4) is 28.6 Å². The van der Waals surface area contributed by atoms with Crippen molar-refractivity contribution >= 4 is 11.6 Å². The van der Waals surface area contributed by atoms with Gasteiger partial charge in [0.2, 0.25) is 11.7 Å². The third-order valence-electron chi connectivity index (χ3n) is 4.06. The van der Waals surface area contributed by atoms with Gasteiger partial charge in [-0.3, -0.25) is 4.90 Å². The molecule has 0 aliphatic heterocycles. The number of aromatic nitrogens is 2. The number of nitrogens with zero attached hydrogens (tertiary/aromatic N) is 3. The summed E-state index contributed by atoms with van der Waals surface area (Å²) in [7, 11) is 5.15. The number of rotatable bonds is 9. The van der Waals surface area contributed by atoms with Crippen LogP contribution < -0.4 is 14.2 Å². The molecule has 28 heavy (non-hydrogen) atoms. The highest BCUT2D eigenvalue weighted by molar-refractivity contribution is 6.30. The molecule has 0 aliphatic rings. The Balaban J connectivity index is 1.57. The molecular weight excluding hydrogens is 382 g/mol. The maximum Gasteiger partial charge on any atom is 0.241 e. The Kier molecular flexibility index (Phi) is 6.73. The van der Waals surface area contributed by atoms with E-state index in [0.717, 1.165) is 11.3 Å². The largest absolute Gasteiger partial charge is 0.497 e. The van der Waals surface area contributed by atoms with E-state index in [-0.39, 0.29) is 0 Å². The Bertz CT molecular complexity index is 916. The Morgan fingerprint density at radius 3 is 2.68 bits per heavy atom. The van der Waals surface area contributed by atoms with Gasteiger partial charge in [-0.05, 0) is 37.4 Å². The highest BCUT2D eigenvalue weighted by Crippen LogP contribution is 2.31. The molecule has 7 nitrogen and oxygen atoms in total. The van der Waals surface area contributed by atoms with Crippen LogP contribution in [0, 0.1) is 0 Å². The lowest BCUT2D eigenvalue weighted by atomic mass is 10.2. The Morgan fingerprint density at radius 2 is 1.93 bits per heavy atom. The average molecular weight is 404 g/mol. The first-order chi connectivity index (χ1) is 13.6. The first-order valence-corrected chi connectivity index (χ1v) is 9.08. The summed E-state index contributed by atoms with van der Waals surface area (Å²) in [5.74, 6) is 3.04. The highest BCUT2D eigenvalue weighted by atomic mass is 35.5. The predicted molar refractivity (Wildman–Crippen MR) is 106 cm³/mol. The molecule has 148 valence electrons. The molecule has 1 heterocycles. The summed E-state index contributed by atoms with van der Waals surface area (Å²) < 4.78 is 21.7. The lowest BCUT2D eigenvalue weighted by molar-refractivity contribution is 0.213. The second kappa shape index (κ2) is 9.43. The van der Waals surface area contributed by atoms with E-state index in [2.05, 4.69) is 10.1 Å². The first kappa shape index (κ1) is 20.0. The zero-order chi connectivity index (χ0) is 19.9. The highest BCUT2D eigenvalue weighted by Gasteiger charge is 2.15. The number of halogens is 1. The van der Waals surface area contributed by atoms with Crippen LogP contribution in [0.25, 0.3) is 11.4 Å². The number of likely N-dealkylation sites (N-methyl/N-ethyl adjacent to an activating group) is 1. The molecule has 2 aromatic carbocycles. The van der Waals surface area contributed by atoms with E-state index in [1.807, 2.05) is 42.3 Å². The van der Waals surface area contributed by atoms with Crippen molar-refractivity contribution in [2.75, 3.05) is 34.4 Å². The van der Waals surface area contributed by atoms with Gasteiger partial charge in [-0.1, -0.05) is 22.8 Å². The predicted octanol–water partition coefficient (Wildman–Crippen LogP) is 3.92. The SMILES string of the molecule is COc1ccc(-c2noc(CN(C)CCOc3cccc(Cl)c3)n2)c(OC)c1. The minimum Gasteiger partial charge on any atom is -0.497 e. The number of methoxy groups -OCH3 is 2. The molecule has 0 bridgehead atoms. The molecule has 0 spiro atoms. The van der Waals surface area contributed by atoms with Crippen molar-refractivity contribution in [2.45, 2.75) is 6.54 Å². The molecule has 8 heteroatoms. The van der Waals surface area contributed by atoms with Gasteiger partial charge in [0.25, 0.3) is 0 Å². The summed E-state index contributed by atoms with van der Waals surface area (Å²) in [4.78, 5) is 6.50. The minimum absolute atomic E-state index is 0.470. The molecule has 0 aliphatic carbocycles. The van der Waals surface area contributed by atoms with Crippen molar-refractivity contribution in [3.05, 3.63) is 53.4 Å². The topological polar surface area (TPSA) is 69.9 Å². The fourth-order valence-corrected chi connectivity index (χ4v) is 2.78. The number of benzene rings is 2. The first-order valence-electron chi connectivity index (χ1n) is 8.71. The van der Waals surface area contributed by atoms with Gasteiger partial charge in [-0.2, -0.15) is 4.98 Å². The van der Waals surface area contributed by atoms with E-state index >= 15 is 0 Å². The maximum absolute atomic E-state index is 5.95. The van der Waals surface area contributed by atoms with Crippen molar-refractivity contribution in [1.82, 2.24) is 15.0 Å². The smallest absolute Gasteiger partial charge is 0.241 e. The van der Waals surface area contributed by atoms with Crippen LogP contribution in [0.2, 0.25) is 5.02 Å². The molecule has 3 rings (SSSR count). The summed E-state index contributed by atoms with van der Waals surface area (Å²) in [5.41, 5.74) is 0.741. The number of hydrogen-bond acceptors (Lipinski definition) is 7. The molecule has 0 fully saturated rings. The molecule has 0 radical (unpaired) electrons. The Hall–Kier alpha value is -2.77. The molecule has 1 aromatic heterocycles. The lowest BCUT2D eigenvalue weighted by Crippen LogP contribution is -2.24. The fraction of sp³-hybridized carbons (Fsp3) is 0.300. The molecular formula is C20H22ClN3O4. The van der Waals surface area contributed by atoms with Crippen molar-refractivity contribution < 1.29 is 18.7 Å². The van der Waals surface area contributed by atoms with Gasteiger partial charge in [0.05, 0.1) is 26.3 Å². The van der Waals surface area contributed by atoms with E-state index in [4.69, 9.17) is 30.3 Å². The summed E-state index contributed by atoms with van der Waals surface area (Å²) >= 11 is 5.95. The molecule has 0 unspecified atom stereocenters. The van der Waals surface area contributed by atoms with Crippen LogP contribution in [0.4, 0.5) is 0 Å². The second-order valence-corrected chi connectivity index (χ2v) is 6.56. The zero-order valence-electron chi connectivity index (χ0n) is 16.0. The van der Waals surface area contributed by atoms with Crippen LogP contribution in [0.1, 0.15) is 5.89 Å². The van der Waals surface area contributed by atoms with Crippen molar-refractivity contribution in [3.63, 3.8) is 0 Å². The van der Waals surface area contributed by atoms with Gasteiger partial charge in [0.15, 0.2) is 0 Å². The van der Waals surface area contributed by atoms with Crippen LogP contribution in [-0.4, -0.2) is 49.5 Å². The minimum atomic E-state index is 0.470. The number of ether oxygens (including phenoxy) is 3. The van der Waals surface area contributed by atoms with Crippen LogP contribution in [0.3, 0.4) is 0 Å². The van der Waals surface area contributed by atoms with E-state index in [9.17, 15) is 0 Å². The Morgan fingerprint density at radius 1 is 1.07 bits per heavy atom. The fourth-order valence-electron chi connectivity index (χ4n) is 2.60. The number of hydrogen-bond donors (Lipinski definition) is 0. The summed E-state index contributed by atoms with van der Waals surface area (Å²) in [5, 5.41) is 4.71. The van der Waals surface area contributed by atoms with E-state index in [1.165, 1.54) is 0 Å². The summed E-state index contributed by atoms with van der Waals surface area (Å²) in [6, 6.07) is 12.8. The third-order valence-corrected chi connectivity index (χ3v) is 4.30. The summed E-state index contributed by atoms with van der Waals surface area (Å²) in [6.45, 7) is 1.71. The molecule has 3 aromatic rings. The van der Waals surface area contributed by atoms with E-state index < -0.39 is 0 Å². The second-order valence-electron chi connectivity index (χ2n) is 6.12. The zero-order valence-corrected chi connectivity index (χ0v) is 16.8. The van der Waals surface area contributed by atoms with Gasteiger partial charge >= 0.3 is 0 Å². The molecule has 0 saturated heterocycles. The maximum atomic E-state index is 5.95. The van der Waals surface area contributed by atoms with E-state index in [0.29, 0.717) is 47.9 Å². The van der Waals surface area contributed by atoms with E-state index in [1.54, 1.807) is 26.4 Å². The van der Waals surface area contributed by atoms with Gasteiger partial charge in [-0.25, -0.2) is 0 Å². The van der Waals surface area contributed by atoms with Gasteiger partial charge in [0.1, 0.15) is 23.9 Å². The summed E-state index contributed by atoms with van der Waals surface area (Å²) in [6.07, 6.45) is 0. The van der Waals surface area contributed by atoms with Crippen LogP contribution in [0.5, 0.6) is 17.2 Å². The third kappa shape index (κ3) is 5.15. The molecule has 0 atom stereocenters. The van der Waals surface area contributed by atoms with Crippen LogP contribution in [0.15, 0.2) is 47.0 Å². The molecule has 0 amide bonds. The standard InChI is InChI=1S/C20H22ClN3O4/c1-24(9-10-27-16-6-4-5-14(21)11-16)13-19-22-20(23-28-19)17-8-7-15(25-2)12-18(17)26-3/h4-8,11-12H,9-10,13H2,1-3H3. The van der Waals surface area contributed by atoms with Crippen molar-refractivity contribution in [1.29, 1.82) is 0 Å². The van der Waals surface area contributed by atoms with Gasteiger partial charge in [0, 0.05) is 17.6 Å². The van der Waals surface area contributed by atoms with Gasteiger partial charge in [-0.15, -0.1) is 0 Å². The quantitative estimate of drug-likeness (QED) is 0.536. The average Bonchev–Trinajstić information content (AvgIpc) is 3.15. The van der Waals surface area contributed by atoms with Crippen LogP contribution in [-0.2, 0) is 6.54 Å².